The lowest BCUT2D eigenvalue weighted by Gasteiger charge is -2.29. The molecule has 0 fully saturated rings. The molecule has 238 valence electrons. The SMILES string of the molecule is Cc1c(-c2nc3cc(C=O)cc(C#N)c3o2)cccc1-c1cccc(NC(=O)c2nc3c(n2C)CCN(C(=O)OC(C)(C)C)C3)c1Cl. The third-order valence-electron chi connectivity index (χ3n) is 7.98. The highest BCUT2D eigenvalue weighted by Gasteiger charge is 2.30. The molecule has 0 unspecified atom stereocenters. The number of nitrogens with zero attached hydrogens (tertiary/aromatic N) is 5. The lowest BCUT2D eigenvalue weighted by atomic mass is 9.96. The number of hydrogen-bond donors (Lipinski definition) is 1. The maximum Gasteiger partial charge on any atom is 0.410 e. The Balaban J connectivity index is 1.27. The normalized spacial score (nSPS) is 12.8. The number of fused-ring (bicyclic) bond motifs is 2. The van der Waals surface area contributed by atoms with Crippen LogP contribution in [0.4, 0.5) is 10.5 Å². The molecule has 6 rings (SSSR count). The number of hydrogen-bond acceptors (Lipinski definition) is 8. The lowest BCUT2D eigenvalue weighted by molar-refractivity contribution is 0.0220. The van der Waals surface area contributed by atoms with Crippen LogP contribution in [0.5, 0.6) is 0 Å². The Kier molecular flexibility index (Phi) is 8.07. The zero-order valence-corrected chi connectivity index (χ0v) is 27.2. The van der Waals surface area contributed by atoms with E-state index < -0.39 is 17.6 Å². The summed E-state index contributed by atoms with van der Waals surface area (Å²) in [7, 11) is 1.78. The average Bonchev–Trinajstić information content (AvgIpc) is 3.61. The van der Waals surface area contributed by atoms with Crippen LogP contribution in [0.15, 0.2) is 52.9 Å². The van der Waals surface area contributed by atoms with Gasteiger partial charge in [-0.25, -0.2) is 14.8 Å². The van der Waals surface area contributed by atoms with E-state index in [1.54, 1.807) is 34.7 Å². The average molecular weight is 651 g/mol. The van der Waals surface area contributed by atoms with Gasteiger partial charge in [-0.3, -0.25) is 9.59 Å². The predicted octanol–water partition coefficient (Wildman–Crippen LogP) is 7.09. The standard InChI is InChI=1S/C35H31ClN6O5/c1-19-22(8-6-9-23(19)33-40-26-15-20(18-43)14-21(16-37)30(26)46-33)24-10-7-11-25(29(24)36)39-32(44)31-38-27-17-42(13-12-28(27)41(31)5)34(45)47-35(2,3)4/h6-11,14-15,18H,12-13,17H2,1-5H3,(H,39,44). The zero-order valence-electron chi connectivity index (χ0n) is 26.5. The third kappa shape index (κ3) is 5.95. The number of aldehydes is 1. The van der Waals surface area contributed by atoms with E-state index in [-0.39, 0.29) is 17.9 Å². The van der Waals surface area contributed by atoms with Crippen molar-refractivity contribution in [2.75, 3.05) is 11.9 Å². The molecular formula is C35H31ClN6O5. The van der Waals surface area contributed by atoms with Gasteiger partial charge in [0.05, 0.1) is 28.5 Å². The third-order valence-corrected chi connectivity index (χ3v) is 8.39. The molecule has 1 N–H and O–H groups in total. The molecule has 3 heterocycles. The number of halogens is 1. The van der Waals surface area contributed by atoms with Gasteiger partial charge in [0.25, 0.3) is 5.91 Å². The Morgan fingerprint density at radius 2 is 1.83 bits per heavy atom. The Morgan fingerprint density at radius 1 is 1.11 bits per heavy atom. The van der Waals surface area contributed by atoms with Crippen LogP contribution in [0, 0.1) is 18.3 Å². The molecule has 12 heteroatoms. The van der Waals surface area contributed by atoms with Crippen molar-refractivity contribution in [3.05, 3.63) is 87.5 Å². The summed E-state index contributed by atoms with van der Waals surface area (Å²) in [6, 6.07) is 16.1. The Labute approximate surface area is 275 Å². The summed E-state index contributed by atoms with van der Waals surface area (Å²) in [5.74, 6) is 0.0549. The molecule has 0 aliphatic carbocycles. The molecule has 0 saturated carbocycles. The molecule has 0 spiro atoms. The number of carbonyl (C=O) groups excluding carboxylic acids is 3. The van der Waals surface area contributed by atoms with Crippen LogP contribution in [0.25, 0.3) is 33.7 Å². The van der Waals surface area contributed by atoms with Gasteiger partial charge < -0.3 is 23.9 Å². The first-order valence-corrected chi connectivity index (χ1v) is 15.3. The molecule has 0 atom stereocenters. The highest BCUT2D eigenvalue weighted by Crippen LogP contribution is 2.39. The zero-order chi connectivity index (χ0) is 33.6. The minimum atomic E-state index is -0.616. The van der Waals surface area contributed by atoms with Gasteiger partial charge in [0, 0.05) is 42.4 Å². The van der Waals surface area contributed by atoms with E-state index >= 15 is 0 Å². The number of nitriles is 1. The summed E-state index contributed by atoms with van der Waals surface area (Å²) in [4.78, 5) is 48.3. The number of amides is 2. The smallest absolute Gasteiger partial charge is 0.410 e. The van der Waals surface area contributed by atoms with Crippen LogP contribution < -0.4 is 5.32 Å². The predicted molar refractivity (Wildman–Crippen MR) is 176 cm³/mol. The lowest BCUT2D eigenvalue weighted by Crippen LogP contribution is -2.40. The molecule has 5 aromatic rings. The largest absolute Gasteiger partial charge is 0.444 e. The molecule has 2 aromatic heterocycles. The molecule has 2 amide bonds. The summed E-state index contributed by atoms with van der Waals surface area (Å²) < 4.78 is 13.3. The summed E-state index contributed by atoms with van der Waals surface area (Å²) in [6.45, 7) is 8.06. The van der Waals surface area contributed by atoms with Crippen LogP contribution in [-0.2, 0) is 24.8 Å². The fraction of sp³-hybridized carbons (Fsp3) is 0.257. The number of imidazole rings is 1. The van der Waals surface area contributed by atoms with Crippen molar-refractivity contribution < 1.29 is 23.5 Å². The molecular weight excluding hydrogens is 620 g/mol. The van der Waals surface area contributed by atoms with Gasteiger partial charge in [0.1, 0.15) is 23.5 Å². The Bertz CT molecular complexity index is 2130. The molecule has 0 radical (unpaired) electrons. The second-order valence-corrected chi connectivity index (χ2v) is 12.7. The van der Waals surface area contributed by atoms with Gasteiger partial charge in [0.2, 0.25) is 5.89 Å². The summed E-state index contributed by atoms with van der Waals surface area (Å²) in [5, 5.41) is 12.8. The molecule has 0 bridgehead atoms. The highest BCUT2D eigenvalue weighted by molar-refractivity contribution is 6.36. The Hall–Kier alpha value is -5.47. The van der Waals surface area contributed by atoms with Crippen molar-refractivity contribution >= 4 is 46.7 Å². The molecule has 1 aliphatic rings. The van der Waals surface area contributed by atoms with Crippen molar-refractivity contribution in [1.82, 2.24) is 19.4 Å². The second kappa shape index (κ2) is 12.0. The van der Waals surface area contributed by atoms with E-state index in [0.29, 0.717) is 69.3 Å². The summed E-state index contributed by atoms with van der Waals surface area (Å²) in [6.07, 6.45) is 0.780. The number of oxazole rings is 1. The fourth-order valence-corrected chi connectivity index (χ4v) is 5.98. The number of nitrogens with one attached hydrogen (secondary N) is 1. The highest BCUT2D eigenvalue weighted by atomic mass is 35.5. The van der Waals surface area contributed by atoms with Crippen LogP contribution in [-0.4, -0.2) is 49.9 Å². The fourth-order valence-electron chi connectivity index (χ4n) is 5.71. The quantitative estimate of drug-likeness (QED) is 0.199. The van der Waals surface area contributed by atoms with Crippen LogP contribution in [0.3, 0.4) is 0 Å². The number of aromatic nitrogens is 3. The second-order valence-electron chi connectivity index (χ2n) is 12.3. The minimum Gasteiger partial charge on any atom is -0.444 e. The van der Waals surface area contributed by atoms with Crippen molar-refractivity contribution in [1.29, 1.82) is 5.26 Å². The number of benzene rings is 3. The Morgan fingerprint density at radius 3 is 2.55 bits per heavy atom. The molecule has 3 aromatic carbocycles. The molecule has 47 heavy (non-hydrogen) atoms. The van der Waals surface area contributed by atoms with E-state index in [0.717, 1.165) is 16.8 Å². The van der Waals surface area contributed by atoms with Crippen LogP contribution >= 0.6 is 11.6 Å². The van der Waals surface area contributed by atoms with Crippen molar-refractivity contribution in [2.45, 2.75) is 46.3 Å². The van der Waals surface area contributed by atoms with Crippen molar-refractivity contribution in [2.24, 2.45) is 7.05 Å². The van der Waals surface area contributed by atoms with Crippen molar-refractivity contribution in [3.8, 4) is 28.7 Å². The maximum absolute atomic E-state index is 13.5. The first-order chi connectivity index (χ1) is 22.4. The molecule has 11 nitrogen and oxygen atoms in total. The number of ether oxygens (including phenoxy) is 1. The summed E-state index contributed by atoms with van der Waals surface area (Å²) >= 11 is 6.92. The number of anilines is 1. The maximum atomic E-state index is 13.5. The first-order valence-electron chi connectivity index (χ1n) is 14.9. The first kappa shape index (κ1) is 31.5. The van der Waals surface area contributed by atoms with Gasteiger partial charge in [0.15, 0.2) is 11.4 Å². The van der Waals surface area contributed by atoms with Crippen LogP contribution in [0.1, 0.15) is 64.3 Å². The van der Waals surface area contributed by atoms with E-state index in [4.69, 9.17) is 20.8 Å². The monoisotopic (exact) mass is 650 g/mol. The topological polar surface area (TPSA) is 143 Å². The summed E-state index contributed by atoms with van der Waals surface area (Å²) in [5.41, 5.74) is 5.52. The van der Waals surface area contributed by atoms with Crippen molar-refractivity contribution in [3.63, 3.8) is 0 Å². The number of rotatable bonds is 5. The van der Waals surface area contributed by atoms with Gasteiger partial charge in [-0.2, -0.15) is 5.26 Å². The van der Waals surface area contributed by atoms with Gasteiger partial charge in [-0.1, -0.05) is 35.9 Å². The van der Waals surface area contributed by atoms with Gasteiger partial charge >= 0.3 is 6.09 Å². The van der Waals surface area contributed by atoms with Gasteiger partial charge in [-0.05, 0) is 63.1 Å². The molecule has 0 saturated heterocycles. The molecule has 1 aliphatic heterocycles. The van der Waals surface area contributed by atoms with Gasteiger partial charge in [-0.15, -0.1) is 0 Å². The van der Waals surface area contributed by atoms with E-state index in [9.17, 15) is 19.6 Å². The van der Waals surface area contributed by atoms with E-state index in [1.165, 1.54) is 6.07 Å². The van der Waals surface area contributed by atoms with E-state index in [1.807, 2.05) is 52.0 Å². The number of carbonyl (C=O) groups is 3. The van der Waals surface area contributed by atoms with Crippen LogP contribution in [0.2, 0.25) is 5.02 Å². The minimum absolute atomic E-state index is 0.200. The van der Waals surface area contributed by atoms with E-state index in [2.05, 4.69) is 21.4 Å².